The maximum Gasteiger partial charge on any atom is 0.0797 e. The monoisotopic (exact) mass is 285 g/mol. The van der Waals surface area contributed by atoms with Crippen molar-refractivity contribution in [1.29, 1.82) is 0 Å². The fourth-order valence-corrected chi connectivity index (χ4v) is 2.68. The first-order valence-electron chi connectivity index (χ1n) is 6.55. The van der Waals surface area contributed by atoms with E-state index in [0.717, 1.165) is 22.8 Å². The van der Waals surface area contributed by atoms with Gasteiger partial charge in [0.2, 0.25) is 0 Å². The summed E-state index contributed by atoms with van der Waals surface area (Å²) in [5.41, 5.74) is 4.65. The summed E-state index contributed by atoms with van der Waals surface area (Å²) in [4.78, 5) is 2.25. The minimum absolute atomic E-state index is 0.759. The number of hydrogen-bond donors (Lipinski definition) is 0. The van der Waals surface area contributed by atoms with Crippen LogP contribution in [0.2, 0.25) is 5.02 Å². The van der Waals surface area contributed by atoms with Crippen molar-refractivity contribution in [2.45, 2.75) is 6.92 Å². The quantitative estimate of drug-likeness (QED) is 0.835. The van der Waals surface area contributed by atoms with E-state index in [1.165, 1.54) is 11.3 Å². The molecule has 1 aliphatic rings. The molecule has 1 aromatic heterocycles. The van der Waals surface area contributed by atoms with Crippen molar-refractivity contribution in [2.24, 2.45) is 7.05 Å². The average Bonchev–Trinajstić information content (AvgIpc) is 2.85. The minimum Gasteiger partial charge on any atom is -0.338 e. The molecule has 0 atom stereocenters. The van der Waals surface area contributed by atoms with Gasteiger partial charge in [0.25, 0.3) is 0 Å². The summed E-state index contributed by atoms with van der Waals surface area (Å²) in [5.74, 6) is 0. The number of benzene rings is 1. The lowest BCUT2D eigenvalue weighted by Gasteiger charge is -2.28. The van der Waals surface area contributed by atoms with Crippen LogP contribution in [0.25, 0.3) is 5.57 Å². The molecule has 0 aliphatic carbocycles. The van der Waals surface area contributed by atoms with Gasteiger partial charge < -0.3 is 4.90 Å². The summed E-state index contributed by atoms with van der Waals surface area (Å²) in [7, 11) is 1.93. The van der Waals surface area contributed by atoms with Crippen LogP contribution in [0.1, 0.15) is 12.5 Å². The minimum atomic E-state index is 0.759. The lowest BCUT2D eigenvalue weighted by Crippen LogP contribution is -2.24. The van der Waals surface area contributed by atoms with Crippen molar-refractivity contribution < 1.29 is 0 Å². The fraction of sp³-hybridized carbons (Fsp3) is 0.188. The van der Waals surface area contributed by atoms with Gasteiger partial charge in [-0.1, -0.05) is 35.9 Å². The molecule has 2 aromatic rings. The van der Waals surface area contributed by atoms with Crippen molar-refractivity contribution in [2.75, 3.05) is 11.4 Å². The van der Waals surface area contributed by atoms with Crippen molar-refractivity contribution in [1.82, 2.24) is 9.78 Å². The Morgan fingerprint density at radius 3 is 2.85 bits per heavy atom. The third-order valence-electron chi connectivity index (χ3n) is 3.51. The standard InChI is InChI=1S/C16H16ClN3/c1-12-16(13-5-3-6-14(17)9-13)7-4-8-20(12)15-10-18-19(2)11-15/h3-7,9-11H,8H2,1-2H3. The van der Waals surface area contributed by atoms with Crippen LogP contribution in [0.4, 0.5) is 5.69 Å². The van der Waals surface area contributed by atoms with E-state index in [1.54, 1.807) is 0 Å². The first-order valence-corrected chi connectivity index (χ1v) is 6.92. The SMILES string of the molecule is CC1=C(c2cccc(Cl)c2)C=CCN1c1cnn(C)c1. The molecule has 0 radical (unpaired) electrons. The number of aryl methyl sites for hydroxylation is 1. The van der Waals surface area contributed by atoms with Crippen LogP contribution in [0, 0.1) is 0 Å². The number of aromatic nitrogens is 2. The van der Waals surface area contributed by atoms with Gasteiger partial charge in [-0.25, -0.2) is 0 Å². The number of anilines is 1. The highest BCUT2D eigenvalue weighted by molar-refractivity contribution is 6.30. The number of halogens is 1. The van der Waals surface area contributed by atoms with Crippen LogP contribution in [0.5, 0.6) is 0 Å². The second-order valence-electron chi connectivity index (χ2n) is 4.89. The number of allylic oxidation sites excluding steroid dienone is 3. The molecule has 0 bridgehead atoms. The van der Waals surface area contributed by atoms with Gasteiger partial charge in [0.15, 0.2) is 0 Å². The molecule has 20 heavy (non-hydrogen) atoms. The van der Waals surface area contributed by atoms with E-state index in [0.29, 0.717) is 0 Å². The maximum absolute atomic E-state index is 6.09. The molecule has 0 amide bonds. The Kier molecular flexibility index (Phi) is 3.36. The average molecular weight is 286 g/mol. The van der Waals surface area contributed by atoms with Gasteiger partial charge in [-0.3, -0.25) is 4.68 Å². The summed E-state index contributed by atoms with van der Waals surface area (Å²) >= 11 is 6.09. The molecule has 0 spiro atoms. The number of hydrogen-bond acceptors (Lipinski definition) is 2. The third-order valence-corrected chi connectivity index (χ3v) is 3.74. The van der Waals surface area contributed by atoms with Crippen molar-refractivity contribution >= 4 is 22.9 Å². The summed E-state index contributed by atoms with van der Waals surface area (Å²) in [6, 6.07) is 7.96. The predicted molar refractivity (Wildman–Crippen MR) is 83.7 cm³/mol. The molecular weight excluding hydrogens is 270 g/mol. The second kappa shape index (κ2) is 5.17. The highest BCUT2D eigenvalue weighted by Gasteiger charge is 2.16. The number of rotatable bonds is 2. The molecule has 1 aromatic carbocycles. The molecule has 2 heterocycles. The smallest absolute Gasteiger partial charge is 0.0797 e. The van der Waals surface area contributed by atoms with Crippen LogP contribution < -0.4 is 4.90 Å². The summed E-state index contributed by atoms with van der Waals surface area (Å²) in [5, 5.41) is 5.00. The van der Waals surface area contributed by atoms with Gasteiger partial charge in [-0.05, 0) is 24.6 Å². The maximum atomic E-state index is 6.09. The van der Waals surface area contributed by atoms with Gasteiger partial charge in [-0.2, -0.15) is 5.10 Å². The summed E-state index contributed by atoms with van der Waals surface area (Å²) in [6.45, 7) is 2.99. The fourth-order valence-electron chi connectivity index (χ4n) is 2.49. The molecule has 3 rings (SSSR count). The van der Waals surface area contributed by atoms with Gasteiger partial charge in [0.1, 0.15) is 0 Å². The molecule has 1 aliphatic heterocycles. The van der Waals surface area contributed by atoms with Gasteiger partial charge in [0, 0.05) is 36.1 Å². The third kappa shape index (κ3) is 2.37. The van der Waals surface area contributed by atoms with E-state index >= 15 is 0 Å². The zero-order valence-corrected chi connectivity index (χ0v) is 12.3. The van der Waals surface area contributed by atoms with Crippen molar-refractivity contribution in [3.63, 3.8) is 0 Å². The highest BCUT2D eigenvalue weighted by Crippen LogP contribution is 2.30. The molecule has 0 fully saturated rings. The molecule has 102 valence electrons. The Labute approximate surface area is 123 Å². The van der Waals surface area contributed by atoms with Crippen LogP contribution in [-0.2, 0) is 7.05 Å². The Hall–Kier alpha value is -2.00. The Morgan fingerprint density at radius 1 is 1.30 bits per heavy atom. The first kappa shape index (κ1) is 13.0. The van der Waals surface area contributed by atoms with Gasteiger partial charge >= 0.3 is 0 Å². The Morgan fingerprint density at radius 2 is 2.15 bits per heavy atom. The normalized spacial score (nSPS) is 15.1. The van der Waals surface area contributed by atoms with Crippen LogP contribution in [0.15, 0.2) is 54.5 Å². The topological polar surface area (TPSA) is 21.1 Å². The molecular formula is C16H16ClN3. The van der Waals surface area contributed by atoms with Crippen molar-refractivity contribution in [3.05, 3.63) is 65.1 Å². The molecule has 0 N–H and O–H groups in total. The molecule has 0 saturated heterocycles. The largest absolute Gasteiger partial charge is 0.338 e. The lowest BCUT2D eigenvalue weighted by molar-refractivity contribution is 0.767. The predicted octanol–water partition coefficient (Wildman–Crippen LogP) is 3.88. The molecule has 3 nitrogen and oxygen atoms in total. The Bertz CT molecular complexity index is 697. The molecule has 4 heteroatoms. The summed E-state index contributed by atoms with van der Waals surface area (Å²) in [6.07, 6.45) is 8.24. The van der Waals surface area contributed by atoms with E-state index in [2.05, 4.69) is 35.1 Å². The lowest BCUT2D eigenvalue weighted by atomic mass is 10.0. The number of nitrogens with zero attached hydrogens (tertiary/aromatic N) is 3. The highest BCUT2D eigenvalue weighted by atomic mass is 35.5. The summed E-state index contributed by atoms with van der Waals surface area (Å²) < 4.78 is 1.82. The molecule has 0 unspecified atom stereocenters. The zero-order valence-electron chi connectivity index (χ0n) is 11.5. The van der Waals surface area contributed by atoms with E-state index in [-0.39, 0.29) is 0 Å². The van der Waals surface area contributed by atoms with Crippen molar-refractivity contribution in [3.8, 4) is 0 Å². The first-order chi connectivity index (χ1) is 9.65. The second-order valence-corrected chi connectivity index (χ2v) is 5.33. The van der Waals surface area contributed by atoms with E-state index in [1.807, 2.05) is 42.3 Å². The van der Waals surface area contributed by atoms with Crippen LogP contribution >= 0.6 is 11.6 Å². The van der Waals surface area contributed by atoms with Gasteiger partial charge in [0.05, 0.1) is 11.9 Å². The van der Waals surface area contributed by atoms with Crippen LogP contribution in [0.3, 0.4) is 0 Å². The van der Waals surface area contributed by atoms with Gasteiger partial charge in [-0.15, -0.1) is 0 Å². The molecule has 0 saturated carbocycles. The Balaban J connectivity index is 2.03. The van der Waals surface area contributed by atoms with E-state index < -0.39 is 0 Å². The zero-order chi connectivity index (χ0) is 14.1. The van der Waals surface area contributed by atoms with E-state index in [9.17, 15) is 0 Å². The van der Waals surface area contributed by atoms with E-state index in [4.69, 9.17) is 11.6 Å². The van der Waals surface area contributed by atoms with Crippen LogP contribution in [-0.4, -0.2) is 16.3 Å².